The maximum atomic E-state index is 11.6. The number of hydrogen-bond donors (Lipinski definition) is 4. The zero-order valence-corrected chi connectivity index (χ0v) is 27.5. The Balaban J connectivity index is 2.99. The van der Waals surface area contributed by atoms with E-state index in [4.69, 9.17) is 32.3 Å². The van der Waals surface area contributed by atoms with Gasteiger partial charge in [-0.15, -0.1) is 0 Å². The first-order chi connectivity index (χ1) is 20.6. The van der Waals surface area contributed by atoms with Gasteiger partial charge >= 0.3 is 17.6 Å². The maximum Gasteiger partial charge on any atom is 0.705 e. The molecule has 0 spiro atoms. The highest BCUT2D eigenvalue weighted by molar-refractivity contribution is 6.66. The van der Waals surface area contributed by atoms with Crippen molar-refractivity contribution < 1.29 is 55.3 Å². The van der Waals surface area contributed by atoms with Gasteiger partial charge in [0.15, 0.2) is 0 Å². The number of hydrogen-bond acceptors (Lipinski definition) is 19. The lowest BCUT2D eigenvalue weighted by atomic mass is 10.5. The minimum absolute atomic E-state index is 0.0636. The van der Waals surface area contributed by atoms with E-state index in [9.17, 15) is 28.8 Å². The van der Waals surface area contributed by atoms with Crippen LogP contribution in [-0.4, -0.2) is 94.6 Å². The summed E-state index contributed by atoms with van der Waals surface area (Å²) in [5.74, 6) is -4.20. The summed E-state index contributed by atoms with van der Waals surface area (Å²) in [4.78, 5) is 82.7. The molecule has 0 unspecified atom stereocenters. The molecule has 0 aliphatic heterocycles. The smallest absolute Gasteiger partial charge is 0.455 e. The summed E-state index contributed by atoms with van der Waals surface area (Å²) >= 11 is 0. The van der Waals surface area contributed by atoms with Gasteiger partial charge < -0.3 is 48.2 Å². The zero-order chi connectivity index (χ0) is 33.3. The first-order valence-electron chi connectivity index (χ1n) is 13.4. The van der Waals surface area contributed by atoms with Crippen LogP contribution >= 0.6 is 0 Å². The average Bonchev–Trinajstić information content (AvgIpc) is 2.85. The molecule has 246 valence electrons. The van der Waals surface area contributed by atoms with E-state index in [0.29, 0.717) is 13.1 Å². The summed E-state index contributed by atoms with van der Waals surface area (Å²) < 4.78 is 31.0. The van der Waals surface area contributed by atoms with Crippen molar-refractivity contribution in [3.63, 3.8) is 0 Å². The molecule has 1 rings (SSSR count). The molecule has 1 aromatic heterocycles. The average molecular weight is 662 g/mol. The Hall–Kier alpha value is -4.38. The van der Waals surface area contributed by atoms with E-state index in [1.807, 2.05) is 0 Å². The second-order valence-corrected chi connectivity index (χ2v) is 14.0. The second kappa shape index (κ2) is 18.3. The van der Waals surface area contributed by atoms with Crippen LogP contribution < -0.4 is 21.7 Å². The third-order valence-electron chi connectivity index (χ3n) is 4.74. The summed E-state index contributed by atoms with van der Waals surface area (Å²) in [5.41, 5.74) is 5.56. The third kappa shape index (κ3) is 15.2. The summed E-state index contributed by atoms with van der Waals surface area (Å²) in [6.07, 6.45) is 0.435. The van der Waals surface area contributed by atoms with Crippen molar-refractivity contribution in [3.05, 3.63) is 0 Å². The van der Waals surface area contributed by atoms with Crippen molar-refractivity contribution in [2.75, 3.05) is 42.1 Å². The van der Waals surface area contributed by atoms with E-state index in [1.54, 1.807) is 0 Å². The first-order valence-corrected chi connectivity index (χ1v) is 17.3. The largest absolute Gasteiger partial charge is 0.705 e. The number of anilines is 3. The molecule has 21 heteroatoms. The highest BCUT2D eigenvalue weighted by atomic mass is 28.4. The molecule has 1 heterocycles. The molecule has 1 aromatic rings. The van der Waals surface area contributed by atoms with Crippen molar-refractivity contribution in [2.24, 2.45) is 5.73 Å². The van der Waals surface area contributed by atoms with E-state index in [2.05, 4.69) is 30.9 Å². The van der Waals surface area contributed by atoms with Gasteiger partial charge in [-0.05, 0) is 12.8 Å². The molecule has 0 atom stereocenters. The number of nitrogens with zero attached hydrogens (tertiary/aromatic N) is 3. The minimum atomic E-state index is -4.00. The third-order valence-corrected chi connectivity index (χ3v) is 10.3. The molecular weight excluding hydrogens is 622 g/mol. The Kier molecular flexibility index (Phi) is 15.7. The van der Waals surface area contributed by atoms with Crippen molar-refractivity contribution >= 4 is 71.3 Å². The number of rotatable bonds is 19. The Morgan fingerprint density at radius 3 is 1.00 bits per heavy atom. The van der Waals surface area contributed by atoms with Gasteiger partial charge in [0.05, 0.1) is 12.1 Å². The molecule has 0 saturated heterocycles. The number of carbonyl (C=O) groups excluding carboxylic acids is 6. The monoisotopic (exact) mass is 661 g/mol. The summed E-state index contributed by atoms with van der Waals surface area (Å²) in [5, 5.41) is 8.89. The molecule has 0 bridgehead atoms. The number of nitrogens with two attached hydrogens (primary N) is 1. The van der Waals surface area contributed by atoms with Crippen molar-refractivity contribution in [2.45, 2.75) is 66.5 Å². The van der Waals surface area contributed by atoms with E-state index in [1.165, 1.54) is 0 Å². The normalized spacial score (nSPS) is 11.0. The molecule has 0 fully saturated rings. The lowest BCUT2D eigenvalue weighted by Gasteiger charge is -2.26. The highest BCUT2D eigenvalue weighted by Gasteiger charge is 2.52. The molecule has 5 N–H and O–H groups in total. The molecule has 0 aromatic carbocycles. The van der Waals surface area contributed by atoms with Gasteiger partial charge in [0, 0.05) is 67.7 Å². The maximum absolute atomic E-state index is 11.6. The van der Waals surface area contributed by atoms with Gasteiger partial charge in [0.1, 0.15) is 0 Å². The van der Waals surface area contributed by atoms with Crippen LogP contribution in [0.2, 0.25) is 12.1 Å². The van der Waals surface area contributed by atoms with E-state index in [0.717, 1.165) is 41.5 Å². The summed E-state index contributed by atoms with van der Waals surface area (Å²) in [6, 6.07) is -0.127. The van der Waals surface area contributed by atoms with Gasteiger partial charge in [-0.1, -0.05) is 0 Å². The predicted molar refractivity (Wildman–Crippen MR) is 155 cm³/mol. The Labute approximate surface area is 256 Å². The van der Waals surface area contributed by atoms with Crippen LogP contribution in [0.5, 0.6) is 0 Å². The quantitative estimate of drug-likeness (QED) is 0.113. The van der Waals surface area contributed by atoms with E-state index in [-0.39, 0.29) is 55.9 Å². The minimum Gasteiger partial charge on any atom is -0.455 e. The van der Waals surface area contributed by atoms with Crippen LogP contribution in [0.1, 0.15) is 54.4 Å². The highest BCUT2D eigenvalue weighted by Crippen LogP contribution is 2.21. The molecule has 0 aliphatic carbocycles. The van der Waals surface area contributed by atoms with Crippen molar-refractivity contribution in [3.8, 4) is 0 Å². The fourth-order valence-corrected chi connectivity index (χ4v) is 8.26. The lowest BCUT2D eigenvalue weighted by molar-refractivity contribution is -0.151. The van der Waals surface area contributed by atoms with Gasteiger partial charge in [-0.25, -0.2) is 0 Å². The lowest BCUT2D eigenvalue weighted by Crippen LogP contribution is -2.49. The van der Waals surface area contributed by atoms with Crippen LogP contribution in [0.15, 0.2) is 0 Å². The van der Waals surface area contributed by atoms with Crippen molar-refractivity contribution in [1.29, 1.82) is 0 Å². The van der Waals surface area contributed by atoms with E-state index < -0.39 is 53.4 Å². The number of carbonyl (C=O) groups is 6. The number of aromatic nitrogens is 3. The molecule has 0 radical (unpaired) electrons. The molecule has 44 heavy (non-hydrogen) atoms. The molecule has 19 nitrogen and oxygen atoms in total. The van der Waals surface area contributed by atoms with Gasteiger partial charge in [0.2, 0.25) is 17.8 Å². The van der Waals surface area contributed by atoms with Crippen molar-refractivity contribution in [1.82, 2.24) is 15.0 Å². The van der Waals surface area contributed by atoms with Gasteiger partial charge in [-0.2, -0.15) is 15.0 Å². The Morgan fingerprint density at radius 2 is 0.773 bits per heavy atom. The fourth-order valence-electron chi connectivity index (χ4n) is 3.55. The van der Waals surface area contributed by atoms with Crippen LogP contribution in [0, 0.1) is 0 Å². The van der Waals surface area contributed by atoms with Crippen LogP contribution in [0.4, 0.5) is 17.8 Å². The molecule has 0 amide bonds. The Bertz CT molecular complexity index is 1030. The van der Waals surface area contributed by atoms with Gasteiger partial charge in [0.25, 0.3) is 35.8 Å². The number of nitrogens with one attached hydrogen (secondary N) is 3. The predicted octanol–water partition coefficient (Wildman–Crippen LogP) is 0.103. The Morgan fingerprint density at radius 1 is 0.523 bits per heavy atom. The summed E-state index contributed by atoms with van der Waals surface area (Å²) in [6.45, 7) is 7.63. The standard InChI is InChI=1S/C23H39N7O12Si2/c1-15(31)37-43(38-16(2)32,39-17(3)33)13-7-10-25-21-28-22(30-23(29-21)27-12-9-24)26-11-8-14-44(40-18(4)34,41-19(5)35)42-20(6)36/h7-14,24H2,1-6H3,(H3,25,26,27,28,29,30). The second-order valence-electron chi connectivity index (χ2n) is 9.01. The van der Waals surface area contributed by atoms with E-state index >= 15 is 0 Å². The molecule has 0 saturated carbocycles. The SMILES string of the molecule is CC(=O)O[Si](CCCNc1nc(NCCN)nc(NCCC[Si](OC(C)=O)(OC(C)=O)OC(C)=O)n1)(OC(C)=O)OC(C)=O. The van der Waals surface area contributed by atoms with Crippen LogP contribution in [0.25, 0.3) is 0 Å². The van der Waals surface area contributed by atoms with Gasteiger partial charge in [-0.3, -0.25) is 28.8 Å². The zero-order valence-electron chi connectivity index (χ0n) is 25.5. The summed E-state index contributed by atoms with van der Waals surface area (Å²) in [7, 11) is -8.00. The molecular formula is C23H39N7O12Si2. The van der Waals surface area contributed by atoms with Crippen LogP contribution in [0.3, 0.4) is 0 Å². The molecule has 0 aliphatic rings. The fraction of sp³-hybridized carbons (Fsp3) is 0.609. The first kappa shape index (κ1) is 37.6. The van der Waals surface area contributed by atoms with Crippen LogP contribution in [-0.2, 0) is 55.3 Å². The topological polar surface area (TPSA) is 259 Å².